The lowest BCUT2D eigenvalue weighted by molar-refractivity contribution is 0.243. The zero-order chi connectivity index (χ0) is 12.4. The minimum absolute atomic E-state index is 0.617. The van der Waals surface area contributed by atoms with Crippen molar-refractivity contribution < 1.29 is 0 Å². The van der Waals surface area contributed by atoms with Crippen molar-refractivity contribution in [1.29, 1.82) is 0 Å². The maximum atomic E-state index is 5.87. The molecule has 0 bridgehead atoms. The molecule has 1 aromatic heterocycles. The van der Waals surface area contributed by atoms with Gasteiger partial charge in [0.25, 0.3) is 0 Å². The fourth-order valence-corrected chi connectivity index (χ4v) is 3.77. The van der Waals surface area contributed by atoms with Gasteiger partial charge in [-0.1, -0.05) is 12.8 Å². The number of anilines is 1. The van der Waals surface area contributed by atoms with Gasteiger partial charge < -0.3 is 10.6 Å². The van der Waals surface area contributed by atoms with Crippen LogP contribution in [0.1, 0.15) is 44.1 Å². The third kappa shape index (κ3) is 2.12. The number of rotatable bonds is 2. The molecule has 0 amide bonds. The van der Waals surface area contributed by atoms with E-state index in [4.69, 9.17) is 5.73 Å². The van der Waals surface area contributed by atoms with Crippen LogP contribution in [0, 0.1) is 5.92 Å². The molecule has 0 radical (unpaired) electrons. The molecular weight excluding hydrogens is 222 g/mol. The second kappa shape index (κ2) is 5.27. The number of hydrogen-bond donors (Lipinski definition) is 1. The summed E-state index contributed by atoms with van der Waals surface area (Å²) in [6, 6.07) is 2.81. The van der Waals surface area contributed by atoms with Gasteiger partial charge in [-0.2, -0.15) is 0 Å². The lowest BCUT2D eigenvalue weighted by Gasteiger charge is -2.45. The standard InChI is InChI=1S/C15H23N3/c16-10-13-7-8-17-11-15(13)18-9-3-5-12-4-1-2-6-14(12)18/h7-8,11-12,14H,1-6,9-10,16H2/t12-,14-/m1/s1. The molecule has 0 unspecified atom stereocenters. The minimum Gasteiger partial charge on any atom is -0.367 e. The van der Waals surface area contributed by atoms with E-state index >= 15 is 0 Å². The summed E-state index contributed by atoms with van der Waals surface area (Å²) in [6.07, 6.45) is 12.2. The first kappa shape index (κ1) is 12.0. The van der Waals surface area contributed by atoms with Crippen molar-refractivity contribution in [2.75, 3.05) is 11.4 Å². The summed E-state index contributed by atoms with van der Waals surface area (Å²) in [5, 5.41) is 0. The van der Waals surface area contributed by atoms with E-state index in [9.17, 15) is 0 Å². The summed E-state index contributed by atoms with van der Waals surface area (Å²) in [4.78, 5) is 6.91. The highest BCUT2D eigenvalue weighted by molar-refractivity contribution is 5.53. The van der Waals surface area contributed by atoms with Crippen molar-refractivity contribution in [1.82, 2.24) is 4.98 Å². The number of hydrogen-bond acceptors (Lipinski definition) is 3. The third-order valence-corrected chi connectivity index (χ3v) is 4.66. The largest absolute Gasteiger partial charge is 0.367 e. The van der Waals surface area contributed by atoms with Gasteiger partial charge in [-0.25, -0.2) is 0 Å². The van der Waals surface area contributed by atoms with E-state index in [2.05, 4.69) is 16.0 Å². The monoisotopic (exact) mass is 245 g/mol. The summed E-state index contributed by atoms with van der Waals surface area (Å²) < 4.78 is 0. The summed E-state index contributed by atoms with van der Waals surface area (Å²) >= 11 is 0. The molecular formula is C15H23N3. The van der Waals surface area contributed by atoms with Gasteiger partial charge in [0.15, 0.2) is 0 Å². The Balaban J connectivity index is 1.89. The van der Waals surface area contributed by atoms with Crippen LogP contribution in [0.5, 0.6) is 0 Å². The topological polar surface area (TPSA) is 42.1 Å². The van der Waals surface area contributed by atoms with Crippen molar-refractivity contribution in [3.63, 3.8) is 0 Å². The maximum absolute atomic E-state index is 5.87. The molecule has 0 spiro atoms. The molecule has 1 aliphatic carbocycles. The SMILES string of the molecule is NCc1ccncc1N1CCC[C@H]2CCCC[C@H]21. The molecule has 1 saturated carbocycles. The van der Waals surface area contributed by atoms with Gasteiger partial charge in [-0.3, -0.25) is 4.98 Å². The lowest BCUT2D eigenvalue weighted by Crippen LogP contribution is -2.47. The smallest absolute Gasteiger partial charge is 0.0600 e. The van der Waals surface area contributed by atoms with E-state index in [0.717, 1.165) is 12.0 Å². The molecule has 1 saturated heterocycles. The van der Waals surface area contributed by atoms with Gasteiger partial charge in [-0.15, -0.1) is 0 Å². The van der Waals surface area contributed by atoms with Crippen LogP contribution in [0.3, 0.4) is 0 Å². The van der Waals surface area contributed by atoms with Crippen LogP contribution in [0.2, 0.25) is 0 Å². The van der Waals surface area contributed by atoms with Crippen molar-refractivity contribution in [2.45, 2.75) is 51.1 Å². The Morgan fingerprint density at radius 3 is 2.94 bits per heavy atom. The molecule has 1 aromatic rings. The molecule has 3 heteroatoms. The Kier molecular flexibility index (Phi) is 3.50. The average molecular weight is 245 g/mol. The van der Waals surface area contributed by atoms with Gasteiger partial charge in [0, 0.05) is 25.3 Å². The van der Waals surface area contributed by atoms with E-state index < -0.39 is 0 Å². The molecule has 0 aromatic carbocycles. The molecule has 18 heavy (non-hydrogen) atoms. The molecule has 1 aliphatic heterocycles. The number of nitrogens with zero attached hydrogens (tertiary/aromatic N) is 2. The first-order valence-corrected chi connectivity index (χ1v) is 7.29. The van der Waals surface area contributed by atoms with Crippen molar-refractivity contribution in [3.8, 4) is 0 Å². The molecule has 3 nitrogen and oxygen atoms in total. The maximum Gasteiger partial charge on any atom is 0.0600 e. The van der Waals surface area contributed by atoms with Gasteiger partial charge >= 0.3 is 0 Å². The fraction of sp³-hybridized carbons (Fsp3) is 0.667. The summed E-state index contributed by atoms with van der Waals surface area (Å²) in [7, 11) is 0. The number of aromatic nitrogens is 1. The van der Waals surface area contributed by atoms with Crippen LogP contribution >= 0.6 is 0 Å². The van der Waals surface area contributed by atoms with E-state index in [0.29, 0.717) is 6.54 Å². The molecule has 98 valence electrons. The molecule has 2 atom stereocenters. The normalized spacial score (nSPS) is 27.9. The van der Waals surface area contributed by atoms with E-state index in [1.165, 1.54) is 56.3 Å². The zero-order valence-corrected chi connectivity index (χ0v) is 11.0. The van der Waals surface area contributed by atoms with Crippen LogP contribution in [0.15, 0.2) is 18.5 Å². The van der Waals surface area contributed by atoms with Crippen LogP contribution in [0.4, 0.5) is 5.69 Å². The quantitative estimate of drug-likeness (QED) is 0.871. The number of piperidine rings is 1. The van der Waals surface area contributed by atoms with E-state index in [1.54, 1.807) is 0 Å². The molecule has 2 fully saturated rings. The number of fused-ring (bicyclic) bond motifs is 1. The molecule has 2 heterocycles. The van der Waals surface area contributed by atoms with E-state index in [-0.39, 0.29) is 0 Å². The third-order valence-electron chi connectivity index (χ3n) is 4.66. The highest BCUT2D eigenvalue weighted by atomic mass is 15.2. The second-order valence-corrected chi connectivity index (χ2v) is 5.66. The predicted octanol–water partition coefficient (Wildman–Crippen LogP) is 2.70. The van der Waals surface area contributed by atoms with Crippen molar-refractivity contribution in [3.05, 3.63) is 24.0 Å². The molecule has 3 rings (SSSR count). The van der Waals surface area contributed by atoms with Gasteiger partial charge in [-0.05, 0) is 43.2 Å². The van der Waals surface area contributed by atoms with Crippen molar-refractivity contribution >= 4 is 5.69 Å². The summed E-state index contributed by atoms with van der Waals surface area (Å²) in [5.74, 6) is 0.901. The summed E-state index contributed by atoms with van der Waals surface area (Å²) in [6.45, 7) is 1.80. The summed E-state index contributed by atoms with van der Waals surface area (Å²) in [5.41, 5.74) is 8.41. The van der Waals surface area contributed by atoms with E-state index in [1.807, 2.05) is 12.4 Å². The Labute approximate surface area is 109 Å². The number of pyridine rings is 1. The van der Waals surface area contributed by atoms with Gasteiger partial charge in [0.1, 0.15) is 0 Å². The Morgan fingerprint density at radius 1 is 1.22 bits per heavy atom. The zero-order valence-electron chi connectivity index (χ0n) is 11.0. The van der Waals surface area contributed by atoms with Crippen molar-refractivity contribution in [2.24, 2.45) is 11.7 Å². The minimum atomic E-state index is 0.617. The van der Waals surface area contributed by atoms with Crippen LogP contribution < -0.4 is 10.6 Å². The van der Waals surface area contributed by atoms with Gasteiger partial charge in [0.05, 0.1) is 11.9 Å². The second-order valence-electron chi connectivity index (χ2n) is 5.66. The highest BCUT2D eigenvalue weighted by Gasteiger charge is 2.33. The lowest BCUT2D eigenvalue weighted by atomic mass is 9.78. The fourth-order valence-electron chi connectivity index (χ4n) is 3.77. The van der Waals surface area contributed by atoms with Crippen LogP contribution in [-0.2, 0) is 6.54 Å². The Bertz CT molecular complexity index is 402. The molecule has 2 N–H and O–H groups in total. The first-order valence-electron chi connectivity index (χ1n) is 7.29. The highest BCUT2D eigenvalue weighted by Crippen LogP contribution is 2.38. The Morgan fingerprint density at radius 2 is 2.06 bits per heavy atom. The van der Waals surface area contributed by atoms with Crippen LogP contribution in [-0.4, -0.2) is 17.6 Å². The predicted molar refractivity (Wildman–Crippen MR) is 74.5 cm³/mol. The number of nitrogens with two attached hydrogens (primary N) is 1. The average Bonchev–Trinajstić information content (AvgIpc) is 2.46. The first-order chi connectivity index (χ1) is 8.90. The molecule has 2 aliphatic rings. The van der Waals surface area contributed by atoms with Gasteiger partial charge in [0.2, 0.25) is 0 Å². The van der Waals surface area contributed by atoms with Crippen LogP contribution in [0.25, 0.3) is 0 Å². The Hall–Kier alpha value is -1.09.